The van der Waals surface area contributed by atoms with E-state index >= 15 is 0 Å². The molecule has 0 atom stereocenters. The van der Waals surface area contributed by atoms with E-state index in [1.54, 1.807) is 7.11 Å². The van der Waals surface area contributed by atoms with Gasteiger partial charge < -0.3 is 24.3 Å². The molecular weight excluding hydrogens is 234 g/mol. The van der Waals surface area contributed by atoms with Crippen molar-refractivity contribution in [2.45, 2.75) is 26.4 Å². The Hall–Kier alpha value is -0.200. The zero-order valence-corrected chi connectivity index (χ0v) is 12.1. The van der Waals surface area contributed by atoms with E-state index in [4.69, 9.17) is 18.9 Å². The molecule has 0 saturated heterocycles. The number of nitrogens with one attached hydrogen (secondary N) is 1. The number of hydrogen-bond acceptors (Lipinski definition) is 5. The summed E-state index contributed by atoms with van der Waals surface area (Å²) in [7, 11) is 1.66. The molecular formula is C13H29NO4. The second kappa shape index (κ2) is 14.9. The Labute approximate surface area is 111 Å². The van der Waals surface area contributed by atoms with Gasteiger partial charge in [0, 0.05) is 20.3 Å². The molecule has 0 aromatic heterocycles. The van der Waals surface area contributed by atoms with Crippen LogP contribution in [0.4, 0.5) is 0 Å². The average Bonchev–Trinajstić information content (AvgIpc) is 2.34. The monoisotopic (exact) mass is 263 g/mol. The van der Waals surface area contributed by atoms with Crippen molar-refractivity contribution in [2.75, 3.05) is 59.8 Å². The molecule has 5 heteroatoms. The quantitative estimate of drug-likeness (QED) is 0.475. The molecule has 0 aliphatic carbocycles. The fourth-order valence-corrected chi connectivity index (χ4v) is 1.25. The first-order valence-electron chi connectivity index (χ1n) is 6.74. The summed E-state index contributed by atoms with van der Waals surface area (Å²) in [5, 5.41) is 3.30. The molecule has 0 aliphatic heterocycles. The smallest absolute Gasteiger partial charge is 0.0701 e. The molecule has 0 radical (unpaired) electrons. The molecule has 0 aliphatic rings. The minimum Gasteiger partial charge on any atom is -0.382 e. The zero-order valence-electron chi connectivity index (χ0n) is 12.1. The summed E-state index contributed by atoms with van der Waals surface area (Å²) < 4.78 is 21.0. The molecule has 0 saturated carbocycles. The van der Waals surface area contributed by atoms with Crippen molar-refractivity contribution >= 4 is 0 Å². The molecule has 0 bridgehead atoms. The number of rotatable bonds is 14. The lowest BCUT2D eigenvalue weighted by Gasteiger charge is -2.08. The minimum atomic E-state index is 0.325. The van der Waals surface area contributed by atoms with Crippen LogP contribution < -0.4 is 5.32 Å². The van der Waals surface area contributed by atoms with Gasteiger partial charge in [0.1, 0.15) is 0 Å². The predicted molar refractivity (Wildman–Crippen MR) is 72.1 cm³/mol. The van der Waals surface area contributed by atoms with E-state index in [0.29, 0.717) is 32.5 Å². The third kappa shape index (κ3) is 15.8. The van der Waals surface area contributed by atoms with Gasteiger partial charge in [0.25, 0.3) is 0 Å². The van der Waals surface area contributed by atoms with Crippen molar-refractivity contribution in [3.05, 3.63) is 0 Å². The van der Waals surface area contributed by atoms with E-state index in [-0.39, 0.29) is 0 Å². The van der Waals surface area contributed by atoms with Crippen molar-refractivity contribution in [3.63, 3.8) is 0 Å². The fourth-order valence-electron chi connectivity index (χ4n) is 1.25. The van der Waals surface area contributed by atoms with Gasteiger partial charge in [-0.05, 0) is 26.8 Å². The second-order valence-electron chi connectivity index (χ2n) is 4.24. The summed E-state index contributed by atoms with van der Waals surface area (Å²) in [6, 6.07) is 0. The minimum absolute atomic E-state index is 0.325. The third-order valence-electron chi connectivity index (χ3n) is 2.18. The molecule has 110 valence electrons. The van der Waals surface area contributed by atoms with Crippen LogP contribution in [0.2, 0.25) is 0 Å². The van der Waals surface area contributed by atoms with Gasteiger partial charge in [-0.3, -0.25) is 0 Å². The van der Waals surface area contributed by atoms with Crippen LogP contribution >= 0.6 is 0 Å². The highest BCUT2D eigenvalue weighted by Gasteiger charge is 1.93. The normalized spacial score (nSPS) is 11.3. The highest BCUT2D eigenvalue weighted by atomic mass is 16.5. The van der Waals surface area contributed by atoms with Gasteiger partial charge in [0.2, 0.25) is 0 Å². The number of methoxy groups -OCH3 is 1. The molecule has 18 heavy (non-hydrogen) atoms. The lowest BCUT2D eigenvalue weighted by molar-refractivity contribution is 0.0254. The van der Waals surface area contributed by atoms with Crippen molar-refractivity contribution < 1.29 is 18.9 Å². The maximum Gasteiger partial charge on any atom is 0.0701 e. The van der Waals surface area contributed by atoms with Crippen LogP contribution in [0.3, 0.4) is 0 Å². The van der Waals surface area contributed by atoms with Crippen LogP contribution in [0, 0.1) is 0 Å². The van der Waals surface area contributed by atoms with E-state index in [9.17, 15) is 0 Å². The Morgan fingerprint density at radius 2 is 1.50 bits per heavy atom. The van der Waals surface area contributed by atoms with Crippen LogP contribution in [-0.2, 0) is 18.9 Å². The molecule has 5 nitrogen and oxygen atoms in total. The van der Waals surface area contributed by atoms with Crippen molar-refractivity contribution in [2.24, 2.45) is 0 Å². The summed E-state index contributed by atoms with van der Waals surface area (Å²) in [5.41, 5.74) is 0. The van der Waals surface area contributed by atoms with Crippen molar-refractivity contribution in [1.82, 2.24) is 5.32 Å². The van der Waals surface area contributed by atoms with E-state index in [1.165, 1.54) is 0 Å². The first kappa shape index (κ1) is 17.8. The van der Waals surface area contributed by atoms with Gasteiger partial charge >= 0.3 is 0 Å². The van der Waals surface area contributed by atoms with E-state index in [1.807, 2.05) is 0 Å². The van der Waals surface area contributed by atoms with E-state index in [2.05, 4.69) is 19.2 Å². The van der Waals surface area contributed by atoms with Crippen LogP contribution in [0.1, 0.15) is 20.3 Å². The van der Waals surface area contributed by atoms with Gasteiger partial charge in [-0.15, -0.1) is 0 Å². The van der Waals surface area contributed by atoms with Crippen LogP contribution in [0.15, 0.2) is 0 Å². The van der Waals surface area contributed by atoms with Gasteiger partial charge in [-0.1, -0.05) is 0 Å². The second-order valence-corrected chi connectivity index (χ2v) is 4.24. The summed E-state index contributed by atoms with van der Waals surface area (Å²) in [5.74, 6) is 0. The number of ether oxygens (including phenoxy) is 4. The molecule has 0 aromatic carbocycles. The Bertz CT molecular complexity index is 156. The van der Waals surface area contributed by atoms with Crippen LogP contribution in [-0.4, -0.2) is 65.9 Å². The molecule has 0 unspecified atom stereocenters. The molecule has 0 heterocycles. The number of hydrogen-bond donors (Lipinski definition) is 1. The third-order valence-corrected chi connectivity index (χ3v) is 2.18. The molecule has 0 rings (SSSR count). The lowest BCUT2D eigenvalue weighted by atomic mass is 10.4. The van der Waals surface area contributed by atoms with Crippen LogP contribution in [0.25, 0.3) is 0 Å². The van der Waals surface area contributed by atoms with Gasteiger partial charge in [-0.25, -0.2) is 0 Å². The average molecular weight is 263 g/mol. The van der Waals surface area contributed by atoms with Gasteiger partial charge in [0.05, 0.1) is 39.1 Å². The molecule has 0 amide bonds. The topological polar surface area (TPSA) is 49.0 Å². The maximum absolute atomic E-state index is 5.44. The standard InChI is InChI=1S/C13H29NO4/c1-13(2)18-7-4-5-14-6-8-16-11-12-17-10-9-15-3/h13-14H,4-12H2,1-3H3. The molecule has 0 spiro atoms. The van der Waals surface area contributed by atoms with Crippen LogP contribution in [0.5, 0.6) is 0 Å². The van der Waals surface area contributed by atoms with Crippen molar-refractivity contribution in [1.29, 1.82) is 0 Å². The Morgan fingerprint density at radius 1 is 0.833 bits per heavy atom. The highest BCUT2D eigenvalue weighted by Crippen LogP contribution is 1.88. The van der Waals surface area contributed by atoms with Gasteiger partial charge in [0.15, 0.2) is 0 Å². The maximum atomic E-state index is 5.44. The van der Waals surface area contributed by atoms with Gasteiger partial charge in [-0.2, -0.15) is 0 Å². The lowest BCUT2D eigenvalue weighted by Crippen LogP contribution is -2.23. The Morgan fingerprint density at radius 3 is 2.17 bits per heavy atom. The summed E-state index contributed by atoms with van der Waals surface area (Å²) in [4.78, 5) is 0. The molecule has 0 fully saturated rings. The van der Waals surface area contributed by atoms with E-state index in [0.717, 1.165) is 32.7 Å². The fraction of sp³-hybridized carbons (Fsp3) is 1.00. The van der Waals surface area contributed by atoms with E-state index < -0.39 is 0 Å². The molecule has 0 aromatic rings. The molecule has 1 N–H and O–H groups in total. The summed E-state index contributed by atoms with van der Waals surface area (Å²) in [6.07, 6.45) is 1.37. The predicted octanol–water partition coefficient (Wildman–Crippen LogP) is 1.07. The first-order valence-corrected chi connectivity index (χ1v) is 6.74. The summed E-state index contributed by atoms with van der Waals surface area (Å²) in [6.45, 7) is 10.0. The highest BCUT2D eigenvalue weighted by molar-refractivity contribution is 4.47. The first-order chi connectivity index (χ1) is 8.77. The zero-order chi connectivity index (χ0) is 13.5. The summed E-state index contributed by atoms with van der Waals surface area (Å²) >= 11 is 0. The Kier molecular flexibility index (Phi) is 14.7. The van der Waals surface area contributed by atoms with Crippen molar-refractivity contribution in [3.8, 4) is 0 Å². The largest absolute Gasteiger partial charge is 0.382 e. The Balaban J connectivity index is 2.90. The SMILES string of the molecule is COCCOCCOCCNCCCOC(C)C.